The van der Waals surface area contributed by atoms with Crippen LogP contribution in [0.2, 0.25) is 0 Å². The molecule has 1 saturated heterocycles. The summed E-state index contributed by atoms with van der Waals surface area (Å²) in [7, 11) is 0. The summed E-state index contributed by atoms with van der Waals surface area (Å²) in [5.41, 5.74) is 2.62. The van der Waals surface area contributed by atoms with Gasteiger partial charge in [0.1, 0.15) is 11.5 Å². The summed E-state index contributed by atoms with van der Waals surface area (Å²) in [4.78, 5) is 11.4. The van der Waals surface area contributed by atoms with Gasteiger partial charge < -0.3 is 9.15 Å². The normalized spacial score (nSPS) is 23.3. The van der Waals surface area contributed by atoms with Gasteiger partial charge in [0.05, 0.1) is 17.4 Å². The van der Waals surface area contributed by atoms with Crippen LogP contribution < -0.4 is 11.3 Å². The minimum atomic E-state index is -0.315. The predicted octanol–water partition coefficient (Wildman–Crippen LogP) is 1.60. The first-order valence-corrected chi connectivity index (χ1v) is 7.00. The molecule has 6 heteroatoms. The van der Waals surface area contributed by atoms with Crippen LogP contribution in [0.25, 0.3) is 0 Å². The Morgan fingerprint density at radius 3 is 3.06 bits per heavy atom. The third-order valence-electron chi connectivity index (χ3n) is 3.09. The van der Waals surface area contributed by atoms with Crippen molar-refractivity contribution in [3.8, 4) is 0 Å². The van der Waals surface area contributed by atoms with Crippen molar-refractivity contribution in [2.24, 2.45) is 5.84 Å². The molecule has 5 nitrogen and oxygen atoms in total. The molecular weight excluding hydrogens is 252 g/mol. The Balaban J connectivity index is 1.95. The molecule has 3 N–H and O–H groups in total. The maximum Gasteiger partial charge on any atom is 0.268 e. The maximum absolute atomic E-state index is 11.4. The van der Waals surface area contributed by atoms with Crippen molar-refractivity contribution in [3.05, 3.63) is 23.2 Å². The lowest BCUT2D eigenvalue weighted by Crippen LogP contribution is -2.30. The Morgan fingerprint density at radius 1 is 1.67 bits per heavy atom. The highest BCUT2D eigenvalue weighted by Crippen LogP contribution is 2.30. The molecule has 2 heterocycles. The summed E-state index contributed by atoms with van der Waals surface area (Å²) < 4.78 is 11.1. The number of furan rings is 1. The molecule has 2 rings (SSSR count). The molecule has 0 aromatic carbocycles. The lowest BCUT2D eigenvalue weighted by molar-refractivity contribution is 0.0952. The van der Waals surface area contributed by atoms with Crippen LogP contribution in [-0.4, -0.2) is 23.9 Å². The fraction of sp³-hybridized carbons (Fsp3) is 0.583. The van der Waals surface area contributed by atoms with Gasteiger partial charge in [-0.1, -0.05) is 0 Å². The van der Waals surface area contributed by atoms with Crippen LogP contribution in [0.3, 0.4) is 0 Å². The number of hydrogen-bond acceptors (Lipinski definition) is 5. The molecule has 1 aromatic rings. The van der Waals surface area contributed by atoms with E-state index in [-0.39, 0.29) is 12.0 Å². The quantitative estimate of drug-likeness (QED) is 0.493. The van der Waals surface area contributed by atoms with E-state index in [1.165, 1.54) is 0 Å². The fourth-order valence-electron chi connectivity index (χ4n) is 2.04. The molecule has 1 aliphatic heterocycles. The van der Waals surface area contributed by atoms with Crippen molar-refractivity contribution >= 4 is 17.7 Å². The molecule has 0 radical (unpaired) electrons. The highest BCUT2D eigenvalue weighted by molar-refractivity contribution is 7.99. The fourth-order valence-corrected chi connectivity index (χ4v) is 3.17. The summed E-state index contributed by atoms with van der Waals surface area (Å²) >= 11 is 1.80. The Bertz CT molecular complexity index is 433. The number of aryl methyl sites for hydroxylation is 1. The van der Waals surface area contributed by atoms with Gasteiger partial charge in [-0.25, -0.2) is 5.84 Å². The van der Waals surface area contributed by atoms with E-state index < -0.39 is 0 Å². The van der Waals surface area contributed by atoms with Crippen molar-refractivity contribution < 1.29 is 13.9 Å². The number of carbonyl (C=O) groups excluding carboxylic acids is 1. The van der Waals surface area contributed by atoms with Gasteiger partial charge in [-0.2, -0.15) is 0 Å². The number of thioether (sulfide) groups is 1. The minimum absolute atomic E-state index is 0.290. The van der Waals surface area contributed by atoms with E-state index in [9.17, 15) is 4.79 Å². The van der Waals surface area contributed by atoms with Crippen LogP contribution in [0, 0.1) is 6.92 Å². The summed E-state index contributed by atoms with van der Waals surface area (Å²) in [6, 6.07) is 1.75. The largest absolute Gasteiger partial charge is 0.465 e. The molecule has 1 amide bonds. The van der Waals surface area contributed by atoms with Crippen molar-refractivity contribution in [1.82, 2.24) is 5.43 Å². The average molecular weight is 270 g/mol. The predicted molar refractivity (Wildman–Crippen MR) is 70.2 cm³/mol. The molecule has 100 valence electrons. The van der Waals surface area contributed by atoms with Gasteiger partial charge in [0.15, 0.2) is 0 Å². The third kappa shape index (κ3) is 2.88. The van der Waals surface area contributed by atoms with E-state index >= 15 is 0 Å². The zero-order valence-electron chi connectivity index (χ0n) is 10.6. The SMILES string of the molecule is Cc1oc(CSC2CCOC2C)cc1C(=O)NN. The van der Waals surface area contributed by atoms with Crippen molar-refractivity contribution in [1.29, 1.82) is 0 Å². The summed E-state index contributed by atoms with van der Waals surface area (Å²) in [6.45, 7) is 4.68. The Hall–Kier alpha value is -0.980. The number of ether oxygens (including phenoxy) is 1. The van der Waals surface area contributed by atoms with E-state index in [4.69, 9.17) is 15.0 Å². The summed E-state index contributed by atoms with van der Waals surface area (Å²) in [6.07, 6.45) is 1.36. The molecule has 0 saturated carbocycles. The van der Waals surface area contributed by atoms with Gasteiger partial charge in [0.2, 0.25) is 0 Å². The second-order valence-corrected chi connectivity index (χ2v) is 5.60. The second-order valence-electron chi connectivity index (χ2n) is 4.37. The molecule has 1 fully saturated rings. The molecule has 0 aliphatic carbocycles. The van der Waals surface area contributed by atoms with Crippen LogP contribution in [0.15, 0.2) is 10.5 Å². The monoisotopic (exact) mass is 270 g/mol. The van der Waals surface area contributed by atoms with Crippen LogP contribution in [0.1, 0.15) is 35.2 Å². The zero-order chi connectivity index (χ0) is 13.1. The Labute approximate surface area is 110 Å². The highest BCUT2D eigenvalue weighted by atomic mass is 32.2. The van der Waals surface area contributed by atoms with Crippen LogP contribution >= 0.6 is 11.8 Å². The van der Waals surface area contributed by atoms with Crippen molar-refractivity contribution in [2.75, 3.05) is 6.61 Å². The molecule has 18 heavy (non-hydrogen) atoms. The first-order valence-electron chi connectivity index (χ1n) is 5.95. The van der Waals surface area contributed by atoms with Gasteiger partial charge in [0.25, 0.3) is 5.91 Å². The first-order chi connectivity index (χ1) is 8.61. The van der Waals surface area contributed by atoms with Gasteiger partial charge in [-0.3, -0.25) is 10.2 Å². The van der Waals surface area contributed by atoms with E-state index in [0.717, 1.165) is 24.5 Å². The minimum Gasteiger partial charge on any atom is -0.465 e. The topological polar surface area (TPSA) is 77.5 Å². The lowest BCUT2D eigenvalue weighted by Gasteiger charge is -2.11. The van der Waals surface area contributed by atoms with Crippen molar-refractivity contribution in [3.63, 3.8) is 0 Å². The molecule has 0 spiro atoms. The van der Waals surface area contributed by atoms with Gasteiger partial charge >= 0.3 is 0 Å². The number of nitrogens with one attached hydrogen (secondary N) is 1. The van der Waals surface area contributed by atoms with Crippen LogP contribution in [-0.2, 0) is 10.5 Å². The van der Waals surface area contributed by atoms with Gasteiger partial charge in [-0.15, -0.1) is 11.8 Å². The second kappa shape index (κ2) is 5.77. The van der Waals surface area contributed by atoms with Crippen molar-refractivity contribution in [2.45, 2.75) is 37.4 Å². The third-order valence-corrected chi connectivity index (χ3v) is 4.59. The van der Waals surface area contributed by atoms with E-state index in [0.29, 0.717) is 16.6 Å². The average Bonchev–Trinajstić information content (AvgIpc) is 2.92. The highest BCUT2D eigenvalue weighted by Gasteiger charge is 2.25. The smallest absolute Gasteiger partial charge is 0.268 e. The molecule has 2 atom stereocenters. The van der Waals surface area contributed by atoms with Crippen LogP contribution in [0.5, 0.6) is 0 Å². The summed E-state index contributed by atoms with van der Waals surface area (Å²) in [5.74, 6) is 6.95. The number of amides is 1. The summed E-state index contributed by atoms with van der Waals surface area (Å²) in [5, 5.41) is 0.502. The molecular formula is C12H18N2O3S. The standard InChI is InChI=1S/C12H18N2O3S/c1-7-10(12(15)14-13)5-9(17-7)6-18-11-3-4-16-8(11)2/h5,8,11H,3-4,6,13H2,1-2H3,(H,14,15). The maximum atomic E-state index is 11.4. The number of nitrogen functional groups attached to an aromatic ring is 1. The first kappa shape index (κ1) is 13.5. The number of hydrogen-bond donors (Lipinski definition) is 2. The number of hydrazine groups is 1. The molecule has 1 aliphatic rings. The van der Waals surface area contributed by atoms with E-state index in [2.05, 4.69) is 12.3 Å². The lowest BCUT2D eigenvalue weighted by atomic mass is 10.2. The van der Waals surface area contributed by atoms with Gasteiger partial charge in [-0.05, 0) is 26.3 Å². The van der Waals surface area contributed by atoms with Crippen LogP contribution in [0.4, 0.5) is 0 Å². The number of carbonyl (C=O) groups is 1. The van der Waals surface area contributed by atoms with E-state index in [1.54, 1.807) is 24.8 Å². The Kier molecular flexibility index (Phi) is 4.31. The number of nitrogens with two attached hydrogens (primary N) is 1. The number of rotatable bonds is 4. The Morgan fingerprint density at radius 2 is 2.44 bits per heavy atom. The van der Waals surface area contributed by atoms with E-state index in [1.807, 2.05) is 0 Å². The molecule has 0 bridgehead atoms. The molecule has 2 unspecified atom stereocenters. The molecule has 1 aromatic heterocycles. The van der Waals surface area contributed by atoms with Gasteiger partial charge in [0, 0.05) is 11.9 Å². The zero-order valence-corrected chi connectivity index (χ0v) is 11.4.